The van der Waals surface area contributed by atoms with Crippen LogP contribution in [0.4, 0.5) is 0 Å². The molecule has 1 aliphatic rings. The van der Waals surface area contributed by atoms with Crippen molar-refractivity contribution in [2.24, 2.45) is 11.8 Å². The summed E-state index contributed by atoms with van der Waals surface area (Å²) in [7, 11) is 0. The van der Waals surface area contributed by atoms with Crippen LogP contribution < -0.4 is 0 Å². The Bertz CT molecular complexity index is 476. The molecule has 0 atom stereocenters. The lowest BCUT2D eigenvalue weighted by Gasteiger charge is -2.30. The van der Waals surface area contributed by atoms with Gasteiger partial charge in [0.15, 0.2) is 0 Å². The van der Waals surface area contributed by atoms with E-state index in [1.807, 2.05) is 0 Å². The number of allylic oxidation sites excluding steroid dienone is 3. The maximum absolute atomic E-state index is 9.44. The molecule has 2 rings (SSSR count). The minimum Gasteiger partial charge on any atom is -0.508 e. The van der Waals surface area contributed by atoms with E-state index in [9.17, 15) is 10.2 Å². The number of phenolic OH excluding ortho intramolecular Hbond substituents is 2. The van der Waals surface area contributed by atoms with Crippen LogP contribution in [0.2, 0.25) is 0 Å². The first-order chi connectivity index (χ1) is 9.52. The topological polar surface area (TPSA) is 40.5 Å². The van der Waals surface area contributed by atoms with Crippen LogP contribution >= 0.6 is 0 Å². The monoisotopic (exact) mass is 272 g/mol. The van der Waals surface area contributed by atoms with Gasteiger partial charge in [0.1, 0.15) is 11.5 Å². The van der Waals surface area contributed by atoms with Crippen LogP contribution in [0.3, 0.4) is 0 Å². The molecule has 20 heavy (non-hydrogen) atoms. The van der Waals surface area contributed by atoms with Crippen molar-refractivity contribution in [2.75, 3.05) is 0 Å². The van der Waals surface area contributed by atoms with Crippen LogP contribution in [0, 0.1) is 11.8 Å². The summed E-state index contributed by atoms with van der Waals surface area (Å²) in [5.41, 5.74) is 2.03. The van der Waals surface area contributed by atoms with Gasteiger partial charge < -0.3 is 10.2 Å². The molecule has 0 unspecified atom stereocenters. The number of hydrogen-bond donors (Lipinski definition) is 2. The van der Waals surface area contributed by atoms with Crippen LogP contribution in [0.5, 0.6) is 11.5 Å². The Kier molecular flexibility index (Phi) is 4.89. The highest BCUT2D eigenvalue weighted by Crippen LogP contribution is 2.34. The number of hydrogen-bond acceptors (Lipinski definition) is 2. The van der Waals surface area contributed by atoms with E-state index in [1.54, 1.807) is 12.1 Å². The first kappa shape index (κ1) is 14.7. The normalized spacial score (nSPS) is 21.9. The van der Waals surface area contributed by atoms with E-state index in [2.05, 4.69) is 25.7 Å². The molecule has 0 radical (unpaired) electrons. The molecule has 0 amide bonds. The van der Waals surface area contributed by atoms with Crippen LogP contribution in [-0.2, 0) is 6.42 Å². The zero-order chi connectivity index (χ0) is 14.5. The van der Waals surface area contributed by atoms with Gasteiger partial charge >= 0.3 is 0 Å². The Balaban J connectivity index is 1.72. The highest BCUT2D eigenvalue weighted by Gasteiger charge is 2.22. The molecule has 1 aromatic carbocycles. The van der Waals surface area contributed by atoms with Crippen molar-refractivity contribution >= 4 is 0 Å². The van der Waals surface area contributed by atoms with Crippen molar-refractivity contribution < 1.29 is 10.2 Å². The van der Waals surface area contributed by atoms with Crippen LogP contribution in [0.1, 0.15) is 38.2 Å². The van der Waals surface area contributed by atoms with E-state index in [1.165, 1.54) is 18.9 Å². The quantitative estimate of drug-likeness (QED) is 0.744. The van der Waals surface area contributed by atoms with Crippen LogP contribution in [0.25, 0.3) is 0 Å². The molecule has 0 bridgehead atoms. The van der Waals surface area contributed by atoms with Gasteiger partial charge in [-0.3, -0.25) is 0 Å². The fourth-order valence-corrected chi connectivity index (χ4v) is 2.83. The molecular weight excluding hydrogens is 248 g/mol. The molecule has 0 heterocycles. The zero-order valence-corrected chi connectivity index (χ0v) is 12.2. The van der Waals surface area contributed by atoms with Crippen molar-refractivity contribution in [1.29, 1.82) is 0 Å². The number of phenols is 2. The fraction of sp³-hybridized carbons (Fsp3) is 0.444. The first-order valence-corrected chi connectivity index (χ1v) is 7.38. The molecule has 0 saturated heterocycles. The predicted molar refractivity (Wildman–Crippen MR) is 82.9 cm³/mol. The van der Waals surface area contributed by atoms with Crippen molar-refractivity contribution in [3.05, 3.63) is 48.1 Å². The lowest BCUT2D eigenvalue weighted by atomic mass is 9.76. The van der Waals surface area contributed by atoms with Crippen molar-refractivity contribution in [1.82, 2.24) is 0 Å². The Morgan fingerprint density at radius 3 is 2.50 bits per heavy atom. The van der Waals surface area contributed by atoms with E-state index in [0.29, 0.717) is 6.42 Å². The fourth-order valence-electron chi connectivity index (χ4n) is 2.83. The predicted octanol–water partition coefficient (Wildman–Crippen LogP) is 4.58. The zero-order valence-electron chi connectivity index (χ0n) is 12.2. The number of rotatable bonds is 6. The molecule has 108 valence electrons. The molecular formula is C18H24O2. The average Bonchev–Trinajstić information content (AvgIpc) is 2.30. The van der Waals surface area contributed by atoms with Crippen molar-refractivity contribution in [2.45, 2.75) is 39.0 Å². The van der Waals surface area contributed by atoms with E-state index in [0.717, 1.165) is 35.8 Å². The van der Waals surface area contributed by atoms with Gasteiger partial charge in [-0.05, 0) is 61.6 Å². The van der Waals surface area contributed by atoms with Gasteiger partial charge in [-0.15, -0.1) is 0 Å². The molecule has 2 N–H and O–H groups in total. The highest BCUT2D eigenvalue weighted by molar-refractivity contribution is 5.38. The van der Waals surface area contributed by atoms with Crippen LogP contribution in [-0.4, -0.2) is 10.2 Å². The summed E-state index contributed by atoms with van der Waals surface area (Å²) in [5.74, 6) is 1.90. The molecule has 1 aliphatic carbocycles. The van der Waals surface area contributed by atoms with E-state index in [4.69, 9.17) is 0 Å². The second-order valence-electron chi connectivity index (χ2n) is 6.09. The number of aromatic hydroxyl groups is 2. The lowest BCUT2D eigenvalue weighted by Crippen LogP contribution is -2.18. The smallest absolute Gasteiger partial charge is 0.119 e. The minimum atomic E-state index is 0.104. The third-order valence-electron chi connectivity index (χ3n) is 3.90. The van der Waals surface area contributed by atoms with E-state index >= 15 is 0 Å². The average molecular weight is 272 g/mol. The Labute approximate surface area is 121 Å². The van der Waals surface area contributed by atoms with Gasteiger partial charge in [-0.2, -0.15) is 0 Å². The summed E-state index contributed by atoms with van der Waals surface area (Å²) < 4.78 is 0. The SMILES string of the molecule is C=C(CC/C=C\C1CC(C)C1)Cc1cc(O)cc(O)c1. The van der Waals surface area contributed by atoms with Gasteiger partial charge in [0.2, 0.25) is 0 Å². The van der Waals surface area contributed by atoms with Crippen molar-refractivity contribution in [3.8, 4) is 11.5 Å². The molecule has 0 aromatic heterocycles. The summed E-state index contributed by atoms with van der Waals surface area (Å²) in [6.07, 6.45) is 9.95. The molecule has 0 spiro atoms. The molecule has 2 nitrogen and oxygen atoms in total. The number of benzene rings is 1. The van der Waals surface area contributed by atoms with Gasteiger partial charge in [-0.1, -0.05) is 31.2 Å². The highest BCUT2D eigenvalue weighted by atomic mass is 16.3. The van der Waals surface area contributed by atoms with Gasteiger partial charge in [0, 0.05) is 6.07 Å². The van der Waals surface area contributed by atoms with Gasteiger partial charge in [-0.25, -0.2) is 0 Å². The Morgan fingerprint density at radius 2 is 1.90 bits per heavy atom. The third-order valence-corrected chi connectivity index (χ3v) is 3.90. The molecule has 1 aromatic rings. The maximum Gasteiger partial charge on any atom is 0.119 e. The summed E-state index contributed by atoms with van der Waals surface area (Å²) in [4.78, 5) is 0. The lowest BCUT2D eigenvalue weighted by molar-refractivity contribution is 0.262. The van der Waals surface area contributed by atoms with E-state index < -0.39 is 0 Å². The first-order valence-electron chi connectivity index (χ1n) is 7.38. The van der Waals surface area contributed by atoms with Crippen LogP contribution in [0.15, 0.2) is 42.5 Å². The van der Waals surface area contributed by atoms with Gasteiger partial charge in [0.25, 0.3) is 0 Å². The molecule has 1 fully saturated rings. The minimum absolute atomic E-state index is 0.104. The second-order valence-corrected chi connectivity index (χ2v) is 6.09. The maximum atomic E-state index is 9.44. The van der Waals surface area contributed by atoms with Gasteiger partial charge in [0.05, 0.1) is 0 Å². The summed E-state index contributed by atoms with van der Waals surface area (Å²) in [6, 6.07) is 4.70. The Morgan fingerprint density at radius 1 is 1.25 bits per heavy atom. The largest absolute Gasteiger partial charge is 0.508 e. The summed E-state index contributed by atoms with van der Waals surface area (Å²) >= 11 is 0. The third kappa shape index (κ3) is 4.44. The van der Waals surface area contributed by atoms with E-state index in [-0.39, 0.29) is 11.5 Å². The molecule has 1 saturated carbocycles. The molecule has 2 heteroatoms. The summed E-state index contributed by atoms with van der Waals surface area (Å²) in [5, 5.41) is 18.9. The summed E-state index contributed by atoms with van der Waals surface area (Å²) in [6.45, 7) is 6.38. The second kappa shape index (κ2) is 6.65. The van der Waals surface area contributed by atoms with Crippen molar-refractivity contribution in [3.63, 3.8) is 0 Å². The Hall–Kier alpha value is -1.70. The molecule has 0 aliphatic heterocycles. The standard InChI is InChI=1S/C18H24O2/c1-13(5-3-4-6-15-8-14(2)9-15)7-16-10-17(19)12-18(20)11-16/h4,6,10-12,14-15,19-20H,1,3,5,7-9H2,2H3/b6-4-.